The van der Waals surface area contributed by atoms with Gasteiger partial charge in [-0.3, -0.25) is 4.79 Å². The molecule has 0 atom stereocenters. The number of furan rings is 1. The van der Waals surface area contributed by atoms with Gasteiger partial charge in [0.2, 0.25) is 0 Å². The molecule has 0 spiro atoms. The first kappa shape index (κ1) is 22.0. The van der Waals surface area contributed by atoms with Crippen LogP contribution in [0.3, 0.4) is 0 Å². The van der Waals surface area contributed by atoms with Crippen LogP contribution in [-0.2, 0) is 4.79 Å². The molecule has 170 valence electrons. The minimum atomic E-state index is -0.600. The second kappa shape index (κ2) is 10.0. The number of carbonyl (C=O) groups excluding carboxylic acids is 1. The van der Waals surface area contributed by atoms with Crippen LogP contribution in [0.15, 0.2) is 130 Å². The maximum atomic E-state index is 14.1. The van der Waals surface area contributed by atoms with Gasteiger partial charge in [-0.15, -0.1) is 5.10 Å². The van der Waals surface area contributed by atoms with Crippen LogP contribution in [0.5, 0.6) is 0 Å². The second-order valence-corrected chi connectivity index (χ2v) is 7.98. The van der Waals surface area contributed by atoms with Gasteiger partial charge >= 0.3 is 0 Å². The van der Waals surface area contributed by atoms with Crippen LogP contribution in [0.25, 0.3) is 11.8 Å². The number of fused-ring (bicyclic) bond motifs is 1. The monoisotopic (exact) mass is 458 g/mol. The third-order valence-corrected chi connectivity index (χ3v) is 5.80. The first-order chi connectivity index (χ1) is 17.2. The first-order valence-corrected chi connectivity index (χ1v) is 11.2. The quantitative estimate of drug-likeness (QED) is 0.255. The SMILES string of the molecule is O=C(C1=C(O)c2ccccc2\C1=N/N=C\C=C\c1ccco1)C(c1ccccc1)c1ccccc1. The molecule has 35 heavy (non-hydrogen) atoms. The zero-order valence-electron chi connectivity index (χ0n) is 18.8. The van der Waals surface area contributed by atoms with Gasteiger partial charge in [-0.2, -0.15) is 5.10 Å². The molecule has 0 fully saturated rings. The summed E-state index contributed by atoms with van der Waals surface area (Å²) in [6, 6.07) is 30.0. The van der Waals surface area contributed by atoms with Gasteiger partial charge in [-0.05, 0) is 35.4 Å². The minimum absolute atomic E-state index is 0.0810. The van der Waals surface area contributed by atoms with E-state index in [9.17, 15) is 9.90 Å². The number of rotatable bonds is 7. The number of allylic oxidation sites excluding steroid dienone is 2. The summed E-state index contributed by atoms with van der Waals surface area (Å²) in [5.41, 5.74) is 3.42. The molecule has 1 aliphatic rings. The molecule has 5 rings (SSSR count). The van der Waals surface area contributed by atoms with E-state index in [1.54, 1.807) is 30.5 Å². The number of hydrogen-bond donors (Lipinski definition) is 1. The lowest BCUT2D eigenvalue weighted by Gasteiger charge is -2.18. The fourth-order valence-corrected chi connectivity index (χ4v) is 4.20. The van der Waals surface area contributed by atoms with Gasteiger partial charge in [0, 0.05) is 17.3 Å². The van der Waals surface area contributed by atoms with Crippen LogP contribution in [0.1, 0.15) is 33.9 Å². The summed E-state index contributed by atoms with van der Waals surface area (Å²) in [4.78, 5) is 14.1. The van der Waals surface area contributed by atoms with Crippen LogP contribution in [-0.4, -0.2) is 22.8 Å². The molecule has 3 aromatic carbocycles. The zero-order chi connectivity index (χ0) is 24.0. The van der Waals surface area contributed by atoms with Crippen molar-refractivity contribution in [1.82, 2.24) is 0 Å². The lowest BCUT2D eigenvalue weighted by molar-refractivity contribution is -0.115. The third-order valence-electron chi connectivity index (χ3n) is 5.80. The van der Waals surface area contributed by atoms with Crippen LogP contribution in [0.2, 0.25) is 0 Å². The lowest BCUT2D eigenvalue weighted by Crippen LogP contribution is -2.21. The Morgan fingerprint density at radius 3 is 2.06 bits per heavy atom. The molecule has 0 unspecified atom stereocenters. The normalized spacial score (nSPS) is 14.5. The summed E-state index contributed by atoms with van der Waals surface area (Å²) in [5, 5.41) is 19.7. The second-order valence-electron chi connectivity index (χ2n) is 7.98. The third kappa shape index (κ3) is 4.52. The molecular weight excluding hydrogens is 436 g/mol. The van der Waals surface area contributed by atoms with Crippen LogP contribution >= 0.6 is 0 Å². The number of ketones is 1. The van der Waals surface area contributed by atoms with Gasteiger partial charge in [0.05, 0.1) is 17.8 Å². The van der Waals surface area contributed by atoms with Crippen molar-refractivity contribution in [3.63, 3.8) is 0 Å². The Morgan fingerprint density at radius 1 is 0.800 bits per heavy atom. The summed E-state index contributed by atoms with van der Waals surface area (Å²) in [7, 11) is 0. The highest BCUT2D eigenvalue weighted by atomic mass is 16.3. The molecule has 5 nitrogen and oxygen atoms in total. The van der Waals surface area contributed by atoms with Gasteiger partial charge in [0.15, 0.2) is 5.78 Å². The van der Waals surface area contributed by atoms with E-state index in [0.717, 1.165) is 11.1 Å². The molecule has 0 aliphatic heterocycles. The number of nitrogens with zero attached hydrogens (tertiary/aromatic N) is 2. The van der Waals surface area contributed by atoms with E-state index < -0.39 is 5.92 Å². The van der Waals surface area contributed by atoms with Crippen molar-refractivity contribution < 1.29 is 14.3 Å². The number of benzene rings is 3. The van der Waals surface area contributed by atoms with E-state index in [-0.39, 0.29) is 17.1 Å². The molecule has 4 aromatic rings. The zero-order valence-corrected chi connectivity index (χ0v) is 18.8. The van der Waals surface area contributed by atoms with E-state index in [1.807, 2.05) is 84.9 Å². The summed E-state index contributed by atoms with van der Waals surface area (Å²) in [6.07, 6.45) is 6.56. The molecule has 1 aliphatic carbocycles. The number of carbonyl (C=O) groups is 1. The number of Topliss-reactive ketones (excluding diaryl/α,β-unsaturated/α-hetero) is 1. The van der Waals surface area contributed by atoms with Crippen molar-refractivity contribution >= 4 is 29.5 Å². The predicted octanol–water partition coefficient (Wildman–Crippen LogP) is 6.45. The number of aliphatic hydroxyl groups excluding tert-OH is 1. The molecule has 0 bridgehead atoms. The predicted molar refractivity (Wildman–Crippen MR) is 138 cm³/mol. The van der Waals surface area contributed by atoms with Gasteiger partial charge in [-0.1, -0.05) is 84.9 Å². The summed E-state index contributed by atoms with van der Waals surface area (Å²) >= 11 is 0. The number of aliphatic hydroxyl groups is 1. The Kier molecular flexibility index (Phi) is 6.31. The molecule has 0 radical (unpaired) electrons. The van der Waals surface area contributed by atoms with Gasteiger partial charge in [-0.25, -0.2) is 0 Å². The summed E-state index contributed by atoms with van der Waals surface area (Å²) in [5.74, 6) is -0.229. The summed E-state index contributed by atoms with van der Waals surface area (Å²) in [6.45, 7) is 0. The van der Waals surface area contributed by atoms with Crippen molar-refractivity contribution in [3.05, 3.63) is 143 Å². The number of hydrogen-bond acceptors (Lipinski definition) is 5. The van der Waals surface area contributed by atoms with E-state index in [1.165, 1.54) is 6.21 Å². The van der Waals surface area contributed by atoms with E-state index >= 15 is 0 Å². The minimum Gasteiger partial charge on any atom is -0.506 e. The Balaban J connectivity index is 1.56. The average molecular weight is 459 g/mol. The van der Waals surface area contributed by atoms with Crippen molar-refractivity contribution in [2.45, 2.75) is 5.92 Å². The fraction of sp³-hybridized carbons (Fsp3) is 0.0333. The van der Waals surface area contributed by atoms with Crippen molar-refractivity contribution in [2.75, 3.05) is 0 Å². The Labute approximate surface area is 203 Å². The average Bonchev–Trinajstić information content (AvgIpc) is 3.52. The molecule has 0 saturated heterocycles. The Bertz CT molecular complexity index is 1410. The molecular formula is C30H22N2O3. The maximum absolute atomic E-state index is 14.1. The van der Waals surface area contributed by atoms with Gasteiger partial charge in [0.25, 0.3) is 0 Å². The Morgan fingerprint density at radius 2 is 1.43 bits per heavy atom. The molecule has 1 N–H and O–H groups in total. The highest BCUT2D eigenvalue weighted by Gasteiger charge is 2.37. The lowest BCUT2D eigenvalue weighted by atomic mass is 9.83. The maximum Gasteiger partial charge on any atom is 0.180 e. The van der Waals surface area contributed by atoms with E-state index in [0.29, 0.717) is 22.6 Å². The molecule has 0 amide bonds. The van der Waals surface area contributed by atoms with Gasteiger partial charge in [0.1, 0.15) is 17.2 Å². The molecule has 0 saturated carbocycles. The van der Waals surface area contributed by atoms with Crippen molar-refractivity contribution in [2.24, 2.45) is 10.2 Å². The molecule has 5 heteroatoms. The summed E-state index contributed by atoms with van der Waals surface area (Å²) < 4.78 is 5.26. The van der Waals surface area contributed by atoms with Crippen LogP contribution in [0, 0.1) is 0 Å². The van der Waals surface area contributed by atoms with Crippen LogP contribution in [0.4, 0.5) is 0 Å². The van der Waals surface area contributed by atoms with Crippen molar-refractivity contribution in [1.29, 1.82) is 0 Å². The van der Waals surface area contributed by atoms with E-state index in [4.69, 9.17) is 4.42 Å². The fourth-order valence-electron chi connectivity index (χ4n) is 4.20. The smallest absolute Gasteiger partial charge is 0.180 e. The standard InChI is InChI=1S/C30H22N2O3/c33-29-25-18-8-7-17-24(25)28(32-31-19-9-15-23-16-10-20-35-23)27(29)30(34)26(21-11-3-1-4-12-21)22-13-5-2-6-14-22/h1-20,26,33H/b15-9+,31-19-,32-28+. The first-order valence-electron chi connectivity index (χ1n) is 11.2. The Hall–Kier alpha value is -4.77. The highest BCUT2D eigenvalue weighted by Crippen LogP contribution is 2.37. The molecule has 1 aromatic heterocycles. The molecule has 1 heterocycles. The topological polar surface area (TPSA) is 75.2 Å². The van der Waals surface area contributed by atoms with Crippen LogP contribution < -0.4 is 0 Å². The van der Waals surface area contributed by atoms with Gasteiger partial charge < -0.3 is 9.52 Å². The largest absolute Gasteiger partial charge is 0.506 e. The highest BCUT2D eigenvalue weighted by molar-refractivity contribution is 6.37. The van der Waals surface area contributed by atoms with E-state index in [2.05, 4.69) is 10.2 Å². The van der Waals surface area contributed by atoms with Crippen molar-refractivity contribution in [3.8, 4) is 0 Å².